The average Bonchev–Trinajstić information content (AvgIpc) is 3.17. The van der Waals surface area contributed by atoms with Crippen molar-refractivity contribution in [1.82, 2.24) is 9.97 Å². The van der Waals surface area contributed by atoms with Crippen LogP contribution in [-0.4, -0.2) is 31.2 Å². The molecule has 0 atom stereocenters. The zero-order valence-corrected chi connectivity index (χ0v) is 15.3. The van der Waals surface area contributed by atoms with Gasteiger partial charge in [0.05, 0.1) is 23.8 Å². The molecule has 0 aliphatic heterocycles. The second kappa shape index (κ2) is 6.67. The lowest BCUT2D eigenvalue weighted by atomic mass is 10.1. The second-order valence-electron chi connectivity index (χ2n) is 5.60. The molecule has 1 aromatic carbocycles. The van der Waals surface area contributed by atoms with E-state index in [-0.39, 0.29) is 6.61 Å². The molecule has 0 bridgehead atoms. The van der Waals surface area contributed by atoms with Gasteiger partial charge in [0.15, 0.2) is 5.65 Å². The van der Waals surface area contributed by atoms with Crippen molar-refractivity contribution >= 4 is 42.8 Å². The Morgan fingerprint density at radius 2 is 2.15 bits per heavy atom. The van der Waals surface area contributed by atoms with Crippen LogP contribution in [0.1, 0.15) is 5.56 Å². The van der Waals surface area contributed by atoms with Crippen LogP contribution in [0.4, 0.5) is 0 Å². The van der Waals surface area contributed by atoms with E-state index in [0.29, 0.717) is 28.6 Å². The van der Waals surface area contributed by atoms with Crippen LogP contribution < -0.4 is 4.74 Å². The Morgan fingerprint density at radius 1 is 1.27 bits per heavy atom. The molecule has 4 rings (SSSR count). The third kappa shape index (κ3) is 3.69. The Labute approximate surface area is 153 Å². The highest BCUT2D eigenvalue weighted by atomic mass is 32.2. The van der Waals surface area contributed by atoms with Crippen LogP contribution in [0.5, 0.6) is 10.9 Å². The summed E-state index contributed by atoms with van der Waals surface area (Å²) in [6.45, 7) is 0.0738. The van der Waals surface area contributed by atoms with Gasteiger partial charge in [0.2, 0.25) is 0 Å². The Morgan fingerprint density at radius 3 is 2.96 bits per heavy atom. The molecule has 0 fully saturated rings. The normalized spacial score (nSPS) is 12.0. The smallest absolute Gasteiger partial charge is 0.281 e. The summed E-state index contributed by atoms with van der Waals surface area (Å²) in [5.74, 6) is 0.602. The summed E-state index contributed by atoms with van der Waals surface area (Å²) in [6, 6.07) is 9.26. The van der Waals surface area contributed by atoms with Gasteiger partial charge in [-0.25, -0.2) is 4.98 Å². The van der Waals surface area contributed by atoms with Crippen molar-refractivity contribution in [2.24, 2.45) is 0 Å². The van der Waals surface area contributed by atoms with Crippen LogP contribution in [0, 0.1) is 0 Å². The number of nitrogens with zero attached hydrogens (tertiary/aromatic N) is 2. The monoisotopic (exact) mass is 390 g/mol. The van der Waals surface area contributed by atoms with E-state index in [4.69, 9.17) is 13.3 Å². The van der Waals surface area contributed by atoms with Gasteiger partial charge in [-0.3, -0.25) is 4.18 Å². The third-order valence-corrected chi connectivity index (χ3v) is 5.13. The first-order valence-corrected chi connectivity index (χ1v) is 10.4. The minimum atomic E-state index is -3.44. The fourth-order valence-electron chi connectivity index (χ4n) is 2.52. The van der Waals surface area contributed by atoms with Gasteiger partial charge in [-0.05, 0) is 24.3 Å². The molecule has 0 saturated heterocycles. The first-order valence-electron chi connectivity index (χ1n) is 7.72. The molecule has 0 aliphatic rings. The lowest BCUT2D eigenvalue weighted by molar-refractivity contribution is 0.325. The number of aromatic nitrogens is 2. The van der Waals surface area contributed by atoms with Gasteiger partial charge in [-0.1, -0.05) is 11.3 Å². The van der Waals surface area contributed by atoms with E-state index < -0.39 is 10.1 Å². The number of fused-ring (bicyclic) bond motifs is 2. The Balaban J connectivity index is 1.52. The van der Waals surface area contributed by atoms with Crippen molar-refractivity contribution in [2.75, 3.05) is 12.9 Å². The zero-order chi connectivity index (χ0) is 18.1. The van der Waals surface area contributed by atoms with Crippen molar-refractivity contribution in [3.05, 3.63) is 48.4 Å². The molecule has 26 heavy (non-hydrogen) atoms. The molecule has 3 aromatic heterocycles. The quantitative estimate of drug-likeness (QED) is 0.463. The van der Waals surface area contributed by atoms with Crippen LogP contribution in [0.3, 0.4) is 0 Å². The number of benzene rings is 1. The van der Waals surface area contributed by atoms with Crippen molar-refractivity contribution in [1.29, 1.82) is 0 Å². The van der Waals surface area contributed by atoms with Crippen LogP contribution in [0.2, 0.25) is 0 Å². The van der Waals surface area contributed by atoms with Crippen LogP contribution in [0.15, 0.2) is 47.2 Å². The number of furan rings is 1. The standard InChI is InChI=1S/C17H14N2O5S2/c1-26(20,21)23-8-6-11-10-22-14-9-12(4-5-13(11)14)24-17-19-16-15(25-17)3-2-7-18-16/h2-5,7,9-10H,6,8H2,1H3. The van der Waals surface area contributed by atoms with E-state index in [1.165, 1.54) is 11.3 Å². The maximum Gasteiger partial charge on any atom is 0.281 e. The van der Waals surface area contributed by atoms with Gasteiger partial charge >= 0.3 is 0 Å². The van der Waals surface area contributed by atoms with Crippen molar-refractivity contribution in [3.8, 4) is 10.9 Å². The maximum atomic E-state index is 11.0. The minimum absolute atomic E-state index is 0.0738. The summed E-state index contributed by atoms with van der Waals surface area (Å²) in [5.41, 5.74) is 2.18. The minimum Gasteiger partial charge on any atom is -0.464 e. The summed E-state index contributed by atoms with van der Waals surface area (Å²) in [6.07, 6.45) is 4.75. The molecule has 0 aliphatic carbocycles. The van der Waals surface area contributed by atoms with Gasteiger partial charge in [0.1, 0.15) is 11.3 Å². The predicted molar refractivity (Wildman–Crippen MR) is 98.2 cm³/mol. The van der Waals surface area contributed by atoms with Gasteiger partial charge in [0, 0.05) is 29.6 Å². The summed E-state index contributed by atoms with van der Waals surface area (Å²) in [7, 11) is -3.44. The summed E-state index contributed by atoms with van der Waals surface area (Å²) >= 11 is 1.42. The van der Waals surface area contributed by atoms with Gasteiger partial charge in [0.25, 0.3) is 15.3 Å². The van der Waals surface area contributed by atoms with E-state index in [9.17, 15) is 8.42 Å². The Bertz CT molecular complexity index is 1150. The fraction of sp³-hybridized carbons (Fsp3) is 0.176. The molecule has 134 valence electrons. The number of thiazole rings is 1. The van der Waals surface area contributed by atoms with E-state index >= 15 is 0 Å². The van der Waals surface area contributed by atoms with E-state index in [2.05, 4.69) is 9.97 Å². The van der Waals surface area contributed by atoms with E-state index in [1.54, 1.807) is 18.5 Å². The lowest BCUT2D eigenvalue weighted by Gasteiger charge is -2.02. The number of ether oxygens (including phenoxy) is 1. The molecule has 0 spiro atoms. The number of pyridine rings is 1. The molecular weight excluding hydrogens is 376 g/mol. The summed E-state index contributed by atoms with van der Waals surface area (Å²) in [5, 5.41) is 1.40. The average molecular weight is 390 g/mol. The highest BCUT2D eigenvalue weighted by Crippen LogP contribution is 2.32. The molecule has 3 heterocycles. The molecule has 0 radical (unpaired) electrons. The van der Waals surface area contributed by atoms with Crippen LogP contribution in [-0.2, 0) is 20.7 Å². The highest BCUT2D eigenvalue weighted by molar-refractivity contribution is 7.85. The molecule has 7 nitrogen and oxygen atoms in total. The molecule has 0 saturated carbocycles. The molecule has 0 unspecified atom stereocenters. The van der Waals surface area contributed by atoms with Crippen molar-refractivity contribution < 1.29 is 21.8 Å². The predicted octanol–water partition coefficient (Wildman–Crippen LogP) is 3.75. The largest absolute Gasteiger partial charge is 0.464 e. The molecule has 0 N–H and O–H groups in total. The van der Waals surface area contributed by atoms with Gasteiger partial charge in [-0.15, -0.1) is 0 Å². The summed E-state index contributed by atoms with van der Waals surface area (Å²) in [4.78, 5) is 8.53. The van der Waals surface area contributed by atoms with Crippen molar-refractivity contribution in [3.63, 3.8) is 0 Å². The fourth-order valence-corrected chi connectivity index (χ4v) is 3.70. The molecular formula is C17H14N2O5S2. The maximum absolute atomic E-state index is 11.0. The molecule has 0 amide bonds. The first kappa shape index (κ1) is 17.0. The summed E-state index contributed by atoms with van der Waals surface area (Å²) < 4.78 is 39.2. The molecule has 9 heteroatoms. The third-order valence-electron chi connectivity index (χ3n) is 3.65. The van der Waals surface area contributed by atoms with Gasteiger partial charge < -0.3 is 9.15 Å². The van der Waals surface area contributed by atoms with E-state index in [0.717, 1.165) is 21.9 Å². The van der Waals surface area contributed by atoms with Crippen molar-refractivity contribution in [2.45, 2.75) is 6.42 Å². The molecule has 4 aromatic rings. The SMILES string of the molecule is CS(=O)(=O)OCCc1coc2cc(Oc3nc4ncccc4s3)ccc12. The second-order valence-corrected chi connectivity index (χ2v) is 8.24. The van der Waals surface area contributed by atoms with Gasteiger partial charge in [-0.2, -0.15) is 13.4 Å². The van der Waals surface area contributed by atoms with Crippen LogP contribution >= 0.6 is 11.3 Å². The highest BCUT2D eigenvalue weighted by Gasteiger charge is 2.11. The lowest BCUT2D eigenvalue weighted by Crippen LogP contribution is -2.05. The number of hydrogen-bond acceptors (Lipinski definition) is 8. The topological polar surface area (TPSA) is 91.5 Å². The van der Waals surface area contributed by atoms with E-state index in [1.807, 2.05) is 24.3 Å². The number of rotatable bonds is 6. The Hall–Kier alpha value is -2.49. The zero-order valence-electron chi connectivity index (χ0n) is 13.7. The first-order chi connectivity index (χ1) is 12.5. The number of hydrogen-bond donors (Lipinski definition) is 0. The van der Waals surface area contributed by atoms with Crippen LogP contribution in [0.25, 0.3) is 21.3 Å². The Kier molecular flexibility index (Phi) is 4.35.